The van der Waals surface area contributed by atoms with Crippen molar-refractivity contribution in [1.82, 2.24) is 14.5 Å². The Bertz CT molecular complexity index is 1240. The van der Waals surface area contributed by atoms with Gasteiger partial charge in [-0.1, -0.05) is 26.0 Å². The zero-order valence-electron chi connectivity index (χ0n) is 20.3. The first-order valence-corrected chi connectivity index (χ1v) is 11.9. The number of halogens is 3. The van der Waals surface area contributed by atoms with Crippen LogP contribution in [0.5, 0.6) is 0 Å². The number of cyclic esters (lactones) is 1. The molecule has 1 aliphatic heterocycles. The van der Waals surface area contributed by atoms with E-state index < -0.39 is 29.9 Å². The highest BCUT2D eigenvalue weighted by Gasteiger charge is 2.32. The van der Waals surface area contributed by atoms with Crippen molar-refractivity contribution in [3.8, 4) is 22.5 Å². The van der Waals surface area contributed by atoms with Gasteiger partial charge < -0.3 is 19.7 Å². The van der Waals surface area contributed by atoms with E-state index in [4.69, 9.17) is 9.72 Å². The third-order valence-electron chi connectivity index (χ3n) is 6.18. The molecule has 0 amide bonds. The molecule has 0 saturated carbocycles. The Hall–Kier alpha value is -3.40. The first-order valence-electron chi connectivity index (χ1n) is 11.9. The van der Waals surface area contributed by atoms with Crippen molar-refractivity contribution in [3.05, 3.63) is 54.0 Å². The summed E-state index contributed by atoms with van der Waals surface area (Å²) in [5.41, 5.74) is 1.42. The summed E-state index contributed by atoms with van der Waals surface area (Å²) in [7, 11) is 1.73. The summed E-state index contributed by atoms with van der Waals surface area (Å²) >= 11 is 0. The maximum absolute atomic E-state index is 13.6. The summed E-state index contributed by atoms with van der Waals surface area (Å²) < 4.78 is 48.1. The highest BCUT2D eigenvalue weighted by Crippen LogP contribution is 2.38. The van der Waals surface area contributed by atoms with Gasteiger partial charge in [-0.15, -0.1) is 0 Å². The van der Waals surface area contributed by atoms with Gasteiger partial charge in [-0.25, -0.2) is 9.97 Å². The quantitative estimate of drug-likeness (QED) is 0.429. The Balaban J connectivity index is 1.85. The van der Waals surface area contributed by atoms with Crippen molar-refractivity contribution in [3.63, 3.8) is 0 Å². The normalized spacial score (nSPS) is 18.4. The minimum absolute atomic E-state index is 0.0334. The summed E-state index contributed by atoms with van der Waals surface area (Å²) in [5.74, 6) is 0.811. The number of carbonyl (C=O) groups is 1. The van der Waals surface area contributed by atoms with E-state index in [0.717, 1.165) is 12.1 Å². The average molecular weight is 503 g/mol. The van der Waals surface area contributed by atoms with Gasteiger partial charge in [0.25, 0.3) is 0 Å². The first kappa shape index (κ1) is 25.7. The summed E-state index contributed by atoms with van der Waals surface area (Å²) in [4.78, 5) is 20.9. The minimum atomic E-state index is -4.50. The standard InChI is InChI=1S/C26H29F3N4O3/c1-15(2)25-32-23(16-7-9-31-21(12-16)30-3)24(17-5-4-6-18(11-17)26(27,28)29)33(25)10-8-20-13-19(34)14-22(35)36-20/h4-7,9,11-12,15,19-20,34H,8,10,13-14H2,1-3H3,(H,30,31)/t19-,20+/m1/s1. The average Bonchev–Trinajstić information content (AvgIpc) is 3.21. The number of aliphatic hydroxyl groups excluding tert-OH is 1. The van der Waals surface area contributed by atoms with E-state index in [1.807, 2.05) is 18.4 Å². The van der Waals surface area contributed by atoms with Gasteiger partial charge in [0.2, 0.25) is 0 Å². The van der Waals surface area contributed by atoms with Crippen molar-refractivity contribution in [2.75, 3.05) is 12.4 Å². The van der Waals surface area contributed by atoms with Crippen LogP contribution < -0.4 is 5.32 Å². The molecule has 0 radical (unpaired) electrons. The summed E-state index contributed by atoms with van der Waals surface area (Å²) in [6.07, 6.45) is -3.45. The number of ether oxygens (including phenoxy) is 1. The monoisotopic (exact) mass is 502 g/mol. The van der Waals surface area contributed by atoms with Crippen molar-refractivity contribution in [2.24, 2.45) is 0 Å². The number of carbonyl (C=O) groups excluding carboxylic acids is 1. The molecule has 1 fully saturated rings. The Morgan fingerprint density at radius 3 is 2.67 bits per heavy atom. The fourth-order valence-corrected chi connectivity index (χ4v) is 4.50. The number of nitrogens with zero attached hydrogens (tertiary/aromatic N) is 3. The lowest BCUT2D eigenvalue weighted by Crippen LogP contribution is -2.33. The largest absolute Gasteiger partial charge is 0.462 e. The molecule has 3 aromatic rings. The van der Waals surface area contributed by atoms with Gasteiger partial charge in [0, 0.05) is 49.7 Å². The predicted octanol–water partition coefficient (Wildman–Crippen LogP) is 5.25. The topological polar surface area (TPSA) is 89.3 Å². The van der Waals surface area contributed by atoms with E-state index in [2.05, 4.69) is 10.3 Å². The van der Waals surface area contributed by atoms with Gasteiger partial charge in [0.05, 0.1) is 29.5 Å². The lowest BCUT2D eigenvalue weighted by molar-refractivity contribution is -0.160. The van der Waals surface area contributed by atoms with Gasteiger partial charge in [-0.05, 0) is 24.3 Å². The summed E-state index contributed by atoms with van der Waals surface area (Å²) in [6.45, 7) is 4.28. The molecule has 0 aliphatic carbocycles. The van der Waals surface area contributed by atoms with Gasteiger partial charge in [0.1, 0.15) is 17.7 Å². The van der Waals surface area contributed by atoms with E-state index in [9.17, 15) is 23.1 Å². The van der Waals surface area contributed by atoms with Crippen LogP contribution in [0.25, 0.3) is 22.5 Å². The fraction of sp³-hybridized carbons (Fsp3) is 0.423. The number of aromatic nitrogens is 3. The van der Waals surface area contributed by atoms with Crippen LogP contribution in [-0.2, 0) is 22.3 Å². The molecule has 0 spiro atoms. The van der Waals surface area contributed by atoms with Crippen LogP contribution in [0.3, 0.4) is 0 Å². The number of pyridine rings is 1. The fourth-order valence-electron chi connectivity index (χ4n) is 4.50. The smallest absolute Gasteiger partial charge is 0.416 e. The molecule has 4 rings (SSSR count). The number of hydrogen-bond donors (Lipinski definition) is 2. The maximum atomic E-state index is 13.6. The molecular weight excluding hydrogens is 473 g/mol. The molecule has 0 bridgehead atoms. The SMILES string of the molecule is CNc1cc(-c2nc(C(C)C)n(CC[C@H]3C[C@@H](O)CC(=O)O3)c2-c2cccc(C(F)(F)F)c2)ccn1. The summed E-state index contributed by atoms with van der Waals surface area (Å²) in [6, 6.07) is 8.77. The lowest BCUT2D eigenvalue weighted by Gasteiger charge is -2.26. The maximum Gasteiger partial charge on any atom is 0.416 e. The molecule has 36 heavy (non-hydrogen) atoms. The van der Waals surface area contributed by atoms with Gasteiger partial charge in [-0.2, -0.15) is 13.2 Å². The second-order valence-corrected chi connectivity index (χ2v) is 9.23. The van der Waals surface area contributed by atoms with Crippen molar-refractivity contribution in [2.45, 2.75) is 64.0 Å². The zero-order valence-corrected chi connectivity index (χ0v) is 20.3. The molecule has 1 aliphatic rings. The van der Waals surface area contributed by atoms with Crippen molar-refractivity contribution < 1.29 is 27.8 Å². The molecule has 2 N–H and O–H groups in total. The number of hydrogen-bond acceptors (Lipinski definition) is 6. The number of rotatable bonds is 7. The van der Waals surface area contributed by atoms with Crippen LogP contribution in [0.4, 0.5) is 19.0 Å². The molecular formula is C26H29F3N4O3. The summed E-state index contributed by atoms with van der Waals surface area (Å²) in [5, 5.41) is 13.0. The van der Waals surface area contributed by atoms with E-state index in [-0.39, 0.29) is 12.3 Å². The van der Waals surface area contributed by atoms with Crippen LogP contribution in [-0.4, -0.2) is 44.9 Å². The molecule has 3 heterocycles. The molecule has 1 aromatic carbocycles. The Morgan fingerprint density at radius 1 is 1.22 bits per heavy atom. The minimum Gasteiger partial charge on any atom is -0.462 e. The number of anilines is 1. The molecule has 2 aromatic heterocycles. The lowest BCUT2D eigenvalue weighted by atomic mass is 10.0. The Labute approximate surface area is 207 Å². The van der Waals surface area contributed by atoms with Gasteiger partial charge in [0.15, 0.2) is 0 Å². The molecule has 1 saturated heterocycles. The Kier molecular flexibility index (Phi) is 7.35. The first-order chi connectivity index (χ1) is 17.1. The van der Waals surface area contributed by atoms with Crippen molar-refractivity contribution >= 4 is 11.8 Å². The third-order valence-corrected chi connectivity index (χ3v) is 6.18. The van der Waals surface area contributed by atoms with E-state index in [1.54, 1.807) is 31.4 Å². The Morgan fingerprint density at radius 2 is 2.00 bits per heavy atom. The third kappa shape index (κ3) is 5.53. The van der Waals surface area contributed by atoms with E-state index in [0.29, 0.717) is 53.5 Å². The van der Waals surface area contributed by atoms with Crippen LogP contribution in [0.15, 0.2) is 42.6 Å². The molecule has 0 unspecified atom stereocenters. The molecule has 7 nitrogen and oxygen atoms in total. The second kappa shape index (κ2) is 10.3. The number of nitrogens with one attached hydrogen (secondary N) is 1. The van der Waals surface area contributed by atoms with E-state index in [1.165, 1.54) is 6.07 Å². The molecule has 10 heteroatoms. The number of aliphatic hydroxyl groups is 1. The zero-order chi connectivity index (χ0) is 26.0. The number of alkyl halides is 3. The molecule has 2 atom stereocenters. The highest BCUT2D eigenvalue weighted by molar-refractivity contribution is 5.80. The van der Waals surface area contributed by atoms with E-state index >= 15 is 0 Å². The van der Waals surface area contributed by atoms with Crippen LogP contribution >= 0.6 is 0 Å². The second-order valence-electron chi connectivity index (χ2n) is 9.23. The van der Waals surface area contributed by atoms with Gasteiger partial charge >= 0.3 is 12.1 Å². The number of esters is 1. The van der Waals surface area contributed by atoms with Crippen LogP contribution in [0.2, 0.25) is 0 Å². The van der Waals surface area contributed by atoms with Crippen LogP contribution in [0, 0.1) is 0 Å². The van der Waals surface area contributed by atoms with Gasteiger partial charge in [-0.3, -0.25) is 4.79 Å². The number of imidazole rings is 1. The van der Waals surface area contributed by atoms with Crippen molar-refractivity contribution in [1.29, 1.82) is 0 Å². The molecule has 192 valence electrons. The van der Waals surface area contributed by atoms with Crippen LogP contribution in [0.1, 0.15) is 50.4 Å². The highest BCUT2D eigenvalue weighted by atomic mass is 19.4. The number of benzene rings is 1. The predicted molar refractivity (Wildman–Crippen MR) is 129 cm³/mol.